The summed E-state index contributed by atoms with van der Waals surface area (Å²) in [6.45, 7) is 1.76. The van der Waals surface area contributed by atoms with Crippen LogP contribution in [0, 0.1) is 12.7 Å². The van der Waals surface area contributed by atoms with Gasteiger partial charge in [0.1, 0.15) is 5.82 Å². The summed E-state index contributed by atoms with van der Waals surface area (Å²) in [5.41, 5.74) is 1.68. The smallest absolute Gasteiger partial charge is 0.229 e. The van der Waals surface area contributed by atoms with E-state index >= 15 is 0 Å². The van der Waals surface area contributed by atoms with Gasteiger partial charge in [-0.05, 0) is 35.5 Å². The fourth-order valence-electron chi connectivity index (χ4n) is 2.28. The zero-order chi connectivity index (χ0) is 18.0. The first-order chi connectivity index (χ1) is 12.0. The van der Waals surface area contributed by atoms with Gasteiger partial charge in [-0.2, -0.15) is 9.67 Å². The van der Waals surface area contributed by atoms with Gasteiger partial charge in [0.05, 0.1) is 23.3 Å². The molecule has 0 atom stereocenters. The molecule has 9 nitrogen and oxygen atoms in total. The van der Waals surface area contributed by atoms with Crippen molar-refractivity contribution < 1.29 is 4.39 Å². The van der Waals surface area contributed by atoms with Crippen LogP contribution >= 0.6 is 0 Å². The summed E-state index contributed by atoms with van der Waals surface area (Å²) in [5.74, 6) is 1.08. The molecular formula is C15H18FN9. The Balaban J connectivity index is 1.94. The molecule has 0 spiro atoms. The Morgan fingerprint density at radius 1 is 1.24 bits per heavy atom. The van der Waals surface area contributed by atoms with Gasteiger partial charge in [0, 0.05) is 21.1 Å². The van der Waals surface area contributed by atoms with Crippen LogP contribution in [0.5, 0.6) is 0 Å². The van der Waals surface area contributed by atoms with Gasteiger partial charge in [-0.25, -0.2) is 9.37 Å². The first-order valence-corrected chi connectivity index (χ1v) is 7.53. The molecule has 0 radical (unpaired) electrons. The number of benzene rings is 1. The van der Waals surface area contributed by atoms with Crippen molar-refractivity contribution in [2.45, 2.75) is 6.92 Å². The Morgan fingerprint density at radius 2 is 2.04 bits per heavy atom. The average molecular weight is 343 g/mol. The standard InChI is InChI=1S/C15H18FN9/c1-9-21-22-23-25(9)10-5-6-11(16)12(7-10)19-15-18-8-13(24(3)4)14(17-2)20-15/h5-8H,1-4H3,(H2,17,18,19,20). The van der Waals surface area contributed by atoms with Crippen molar-refractivity contribution >= 4 is 23.1 Å². The SMILES string of the molecule is CNc1nc(Nc2cc(-n3nnnc3C)ccc2F)ncc1N(C)C. The van der Waals surface area contributed by atoms with Crippen molar-refractivity contribution in [2.24, 2.45) is 0 Å². The molecule has 0 aliphatic carbocycles. The molecule has 3 rings (SSSR count). The predicted molar refractivity (Wildman–Crippen MR) is 93.0 cm³/mol. The third-order valence-corrected chi connectivity index (χ3v) is 3.55. The Labute approximate surface area is 143 Å². The molecule has 25 heavy (non-hydrogen) atoms. The zero-order valence-electron chi connectivity index (χ0n) is 14.3. The number of aromatic nitrogens is 6. The van der Waals surface area contributed by atoms with Crippen molar-refractivity contribution in [1.82, 2.24) is 30.2 Å². The second-order valence-corrected chi connectivity index (χ2v) is 5.50. The summed E-state index contributed by atoms with van der Waals surface area (Å²) < 4.78 is 15.7. The number of hydrogen-bond donors (Lipinski definition) is 2. The van der Waals surface area contributed by atoms with Crippen molar-refractivity contribution in [3.8, 4) is 5.69 Å². The van der Waals surface area contributed by atoms with Gasteiger partial charge < -0.3 is 15.5 Å². The van der Waals surface area contributed by atoms with Gasteiger partial charge in [-0.1, -0.05) is 0 Å². The van der Waals surface area contributed by atoms with E-state index in [-0.39, 0.29) is 11.6 Å². The molecule has 130 valence electrons. The van der Waals surface area contributed by atoms with E-state index in [1.54, 1.807) is 32.3 Å². The number of nitrogens with one attached hydrogen (secondary N) is 2. The molecule has 0 bridgehead atoms. The highest BCUT2D eigenvalue weighted by atomic mass is 19.1. The maximum Gasteiger partial charge on any atom is 0.229 e. The summed E-state index contributed by atoms with van der Waals surface area (Å²) in [7, 11) is 5.55. The van der Waals surface area contributed by atoms with Gasteiger partial charge in [-0.3, -0.25) is 0 Å². The Bertz CT molecular complexity index is 890. The van der Waals surface area contributed by atoms with Crippen LogP contribution in [0.1, 0.15) is 5.82 Å². The first kappa shape index (κ1) is 16.6. The third-order valence-electron chi connectivity index (χ3n) is 3.55. The van der Waals surface area contributed by atoms with Crippen molar-refractivity contribution in [2.75, 3.05) is 36.7 Å². The average Bonchev–Trinajstić information content (AvgIpc) is 3.02. The summed E-state index contributed by atoms with van der Waals surface area (Å²) in [6.07, 6.45) is 1.66. The van der Waals surface area contributed by atoms with Crippen molar-refractivity contribution in [3.63, 3.8) is 0 Å². The number of aryl methyl sites for hydroxylation is 1. The maximum atomic E-state index is 14.2. The van der Waals surface area contributed by atoms with Crippen LogP contribution in [0.15, 0.2) is 24.4 Å². The monoisotopic (exact) mass is 343 g/mol. The molecule has 3 aromatic rings. The minimum atomic E-state index is -0.430. The molecule has 0 aliphatic rings. The minimum Gasteiger partial charge on any atom is -0.373 e. The lowest BCUT2D eigenvalue weighted by Crippen LogP contribution is -2.13. The van der Waals surface area contributed by atoms with Crippen molar-refractivity contribution in [1.29, 1.82) is 0 Å². The van der Waals surface area contributed by atoms with E-state index in [1.165, 1.54) is 10.7 Å². The fourth-order valence-corrected chi connectivity index (χ4v) is 2.28. The molecule has 2 N–H and O–H groups in total. The van der Waals surface area contributed by atoms with E-state index in [4.69, 9.17) is 0 Å². The Morgan fingerprint density at radius 3 is 2.68 bits per heavy atom. The van der Waals surface area contributed by atoms with Crippen LogP contribution in [-0.4, -0.2) is 51.3 Å². The highest BCUT2D eigenvalue weighted by Gasteiger charge is 2.12. The number of hydrogen-bond acceptors (Lipinski definition) is 8. The summed E-state index contributed by atoms with van der Waals surface area (Å²) >= 11 is 0. The Kier molecular flexibility index (Phi) is 4.42. The van der Waals surface area contributed by atoms with E-state index in [0.717, 1.165) is 5.69 Å². The first-order valence-electron chi connectivity index (χ1n) is 7.53. The summed E-state index contributed by atoms with van der Waals surface area (Å²) in [4.78, 5) is 10.5. The second-order valence-electron chi connectivity index (χ2n) is 5.50. The highest BCUT2D eigenvalue weighted by molar-refractivity contribution is 5.67. The molecular weight excluding hydrogens is 325 g/mol. The van der Waals surface area contributed by atoms with Crippen LogP contribution in [0.3, 0.4) is 0 Å². The molecule has 0 aliphatic heterocycles. The zero-order valence-corrected chi connectivity index (χ0v) is 14.3. The van der Waals surface area contributed by atoms with Gasteiger partial charge in [0.2, 0.25) is 5.95 Å². The molecule has 0 saturated heterocycles. The van der Waals surface area contributed by atoms with Crippen LogP contribution < -0.4 is 15.5 Å². The van der Waals surface area contributed by atoms with Crippen molar-refractivity contribution in [3.05, 3.63) is 36.0 Å². The normalized spacial score (nSPS) is 10.6. The number of anilines is 4. The molecule has 0 saturated carbocycles. The molecule has 10 heteroatoms. The molecule has 0 fully saturated rings. The maximum absolute atomic E-state index is 14.2. The van der Waals surface area contributed by atoms with E-state index in [0.29, 0.717) is 17.3 Å². The minimum absolute atomic E-state index is 0.229. The van der Waals surface area contributed by atoms with Crippen LogP contribution in [0.2, 0.25) is 0 Å². The fraction of sp³-hybridized carbons (Fsp3) is 0.267. The summed E-state index contributed by atoms with van der Waals surface area (Å²) in [6, 6.07) is 4.53. The lowest BCUT2D eigenvalue weighted by atomic mass is 10.2. The third kappa shape index (κ3) is 3.32. The van der Waals surface area contributed by atoms with Gasteiger partial charge in [-0.15, -0.1) is 5.10 Å². The van der Waals surface area contributed by atoms with Gasteiger partial charge in [0.25, 0.3) is 0 Å². The van der Waals surface area contributed by atoms with E-state index in [9.17, 15) is 4.39 Å². The topological polar surface area (TPSA) is 96.7 Å². The Hall–Kier alpha value is -3.30. The van der Waals surface area contributed by atoms with E-state index in [2.05, 4.69) is 36.1 Å². The second kappa shape index (κ2) is 6.67. The number of halogens is 1. The van der Waals surface area contributed by atoms with Gasteiger partial charge >= 0.3 is 0 Å². The molecule has 0 amide bonds. The van der Waals surface area contributed by atoms with E-state index < -0.39 is 5.82 Å². The molecule has 2 aromatic heterocycles. The lowest BCUT2D eigenvalue weighted by Gasteiger charge is -2.17. The summed E-state index contributed by atoms with van der Waals surface area (Å²) in [5, 5.41) is 17.2. The van der Waals surface area contributed by atoms with Crippen LogP contribution in [0.25, 0.3) is 5.69 Å². The number of tetrazole rings is 1. The van der Waals surface area contributed by atoms with Gasteiger partial charge in [0.15, 0.2) is 11.6 Å². The molecule has 0 unspecified atom stereocenters. The predicted octanol–water partition coefficient (Wildman–Crippen LogP) is 1.75. The quantitative estimate of drug-likeness (QED) is 0.723. The number of rotatable bonds is 5. The largest absolute Gasteiger partial charge is 0.373 e. The highest BCUT2D eigenvalue weighted by Crippen LogP contribution is 2.25. The molecule has 1 aromatic carbocycles. The molecule has 2 heterocycles. The lowest BCUT2D eigenvalue weighted by molar-refractivity contribution is 0.630. The van der Waals surface area contributed by atoms with Crippen LogP contribution in [0.4, 0.5) is 27.5 Å². The van der Waals surface area contributed by atoms with E-state index in [1.807, 2.05) is 19.0 Å². The number of nitrogens with zero attached hydrogens (tertiary/aromatic N) is 7. The van der Waals surface area contributed by atoms with Crippen LogP contribution in [-0.2, 0) is 0 Å².